The maximum absolute atomic E-state index is 12.1. The van der Waals surface area contributed by atoms with Crippen LogP contribution < -0.4 is 4.74 Å². The van der Waals surface area contributed by atoms with Crippen molar-refractivity contribution in [2.45, 2.75) is 13.8 Å². The summed E-state index contributed by atoms with van der Waals surface area (Å²) in [6.07, 6.45) is 1.70. The molecule has 1 aliphatic rings. The molecule has 0 saturated heterocycles. The summed E-state index contributed by atoms with van der Waals surface area (Å²) in [5, 5.41) is 0. The molecule has 1 aliphatic heterocycles. The number of cyclic esters (lactones) is 1. The summed E-state index contributed by atoms with van der Waals surface area (Å²) in [6, 6.07) is 15.1. The van der Waals surface area contributed by atoms with Gasteiger partial charge in [-0.1, -0.05) is 36.9 Å². The van der Waals surface area contributed by atoms with Crippen molar-refractivity contribution in [2.24, 2.45) is 4.99 Å². The second-order valence-corrected chi connectivity index (χ2v) is 5.97. The Morgan fingerprint density at radius 3 is 2.80 bits per heavy atom. The summed E-state index contributed by atoms with van der Waals surface area (Å²) in [6.45, 7) is 8.13. The largest absolute Gasteiger partial charge is 0.489 e. The Bertz CT molecular complexity index is 894. The number of benzene rings is 2. The van der Waals surface area contributed by atoms with Crippen LogP contribution in [0, 0.1) is 6.92 Å². The minimum absolute atomic E-state index is 0.273. The minimum atomic E-state index is -0.452. The molecule has 3 rings (SSSR count). The molecule has 0 spiro atoms. The van der Waals surface area contributed by atoms with Gasteiger partial charge in [0.15, 0.2) is 5.70 Å². The van der Waals surface area contributed by atoms with Gasteiger partial charge in [0.1, 0.15) is 12.4 Å². The van der Waals surface area contributed by atoms with E-state index in [-0.39, 0.29) is 5.70 Å². The summed E-state index contributed by atoms with van der Waals surface area (Å²) in [5.41, 5.74) is 3.86. The molecule has 0 saturated carbocycles. The van der Waals surface area contributed by atoms with Crippen molar-refractivity contribution >= 4 is 17.9 Å². The molecule has 0 N–H and O–H groups in total. The molecule has 0 amide bonds. The van der Waals surface area contributed by atoms with Crippen LogP contribution in [0.25, 0.3) is 6.08 Å². The Morgan fingerprint density at radius 1 is 1.24 bits per heavy atom. The quantitative estimate of drug-likeness (QED) is 0.466. The summed E-state index contributed by atoms with van der Waals surface area (Å²) < 4.78 is 10.9. The fourth-order valence-corrected chi connectivity index (χ4v) is 2.40. The summed E-state index contributed by atoms with van der Waals surface area (Å²) in [5.74, 6) is 0.599. The fraction of sp³-hybridized carbons (Fsp3) is 0.143. The number of esters is 1. The van der Waals surface area contributed by atoms with Gasteiger partial charge in [0, 0.05) is 5.56 Å². The maximum atomic E-state index is 12.1. The fourth-order valence-electron chi connectivity index (χ4n) is 2.40. The van der Waals surface area contributed by atoms with E-state index in [1.54, 1.807) is 6.08 Å². The third kappa shape index (κ3) is 4.04. The first-order valence-electron chi connectivity index (χ1n) is 7.99. The number of aliphatic imine (C=N–C) groups is 1. The Labute approximate surface area is 147 Å². The molecular weight excluding hydrogens is 314 g/mol. The second kappa shape index (κ2) is 7.18. The highest BCUT2D eigenvalue weighted by Crippen LogP contribution is 2.22. The monoisotopic (exact) mass is 333 g/mol. The molecule has 0 fully saturated rings. The van der Waals surface area contributed by atoms with E-state index in [2.05, 4.69) is 11.6 Å². The van der Waals surface area contributed by atoms with Gasteiger partial charge in [0.05, 0.1) is 0 Å². The Hall–Kier alpha value is -3.14. The molecule has 0 atom stereocenters. The van der Waals surface area contributed by atoms with Crippen LogP contribution >= 0.6 is 0 Å². The zero-order chi connectivity index (χ0) is 17.8. The smallest absolute Gasteiger partial charge is 0.363 e. The highest BCUT2D eigenvalue weighted by molar-refractivity contribution is 6.13. The normalized spacial score (nSPS) is 15.0. The van der Waals surface area contributed by atoms with Crippen LogP contribution in [-0.4, -0.2) is 18.5 Å². The molecule has 0 bridgehead atoms. The van der Waals surface area contributed by atoms with Crippen molar-refractivity contribution in [3.8, 4) is 5.75 Å². The first kappa shape index (κ1) is 16.7. The minimum Gasteiger partial charge on any atom is -0.489 e. The summed E-state index contributed by atoms with van der Waals surface area (Å²) in [4.78, 5) is 16.5. The van der Waals surface area contributed by atoms with E-state index in [9.17, 15) is 4.79 Å². The molecule has 0 aliphatic carbocycles. The highest BCUT2D eigenvalue weighted by Gasteiger charge is 2.24. The van der Waals surface area contributed by atoms with Crippen molar-refractivity contribution in [1.82, 2.24) is 0 Å². The van der Waals surface area contributed by atoms with Gasteiger partial charge in [-0.15, -0.1) is 0 Å². The lowest BCUT2D eigenvalue weighted by Crippen LogP contribution is -2.06. The van der Waals surface area contributed by atoms with E-state index in [1.165, 1.54) is 0 Å². The molecule has 1 heterocycles. The van der Waals surface area contributed by atoms with Crippen LogP contribution in [0.5, 0.6) is 5.75 Å². The average Bonchev–Trinajstić information content (AvgIpc) is 2.94. The van der Waals surface area contributed by atoms with Crippen molar-refractivity contribution in [3.05, 3.63) is 83.1 Å². The number of hydrogen-bond donors (Lipinski definition) is 0. The van der Waals surface area contributed by atoms with E-state index >= 15 is 0 Å². The van der Waals surface area contributed by atoms with Crippen molar-refractivity contribution < 1.29 is 14.3 Å². The first-order chi connectivity index (χ1) is 12.0. The van der Waals surface area contributed by atoms with Gasteiger partial charge in [-0.2, -0.15) is 0 Å². The predicted octanol–water partition coefficient (Wildman–Crippen LogP) is 4.29. The van der Waals surface area contributed by atoms with Gasteiger partial charge in [-0.3, -0.25) is 0 Å². The molecule has 0 aromatic heterocycles. The number of aryl methyl sites for hydroxylation is 1. The number of carbonyl (C=O) groups excluding carboxylic acids is 1. The van der Waals surface area contributed by atoms with Crippen molar-refractivity contribution in [3.63, 3.8) is 0 Å². The van der Waals surface area contributed by atoms with E-state index in [0.717, 1.165) is 22.3 Å². The Morgan fingerprint density at radius 2 is 2.04 bits per heavy atom. The van der Waals surface area contributed by atoms with E-state index in [1.807, 2.05) is 62.4 Å². The topological polar surface area (TPSA) is 47.9 Å². The molecule has 0 unspecified atom stereocenters. The summed E-state index contributed by atoms with van der Waals surface area (Å²) >= 11 is 0. The van der Waals surface area contributed by atoms with Crippen LogP contribution in [0.3, 0.4) is 0 Å². The molecule has 4 nitrogen and oxygen atoms in total. The van der Waals surface area contributed by atoms with Gasteiger partial charge in [-0.25, -0.2) is 9.79 Å². The van der Waals surface area contributed by atoms with Gasteiger partial charge >= 0.3 is 5.97 Å². The van der Waals surface area contributed by atoms with Gasteiger partial charge in [-0.05, 0) is 54.8 Å². The molecule has 2 aromatic carbocycles. The van der Waals surface area contributed by atoms with Crippen molar-refractivity contribution in [1.29, 1.82) is 0 Å². The van der Waals surface area contributed by atoms with Crippen LogP contribution in [0.1, 0.15) is 23.6 Å². The first-order valence-corrected chi connectivity index (χ1v) is 7.99. The molecule has 0 radical (unpaired) electrons. The number of hydrogen-bond acceptors (Lipinski definition) is 4. The third-order valence-corrected chi connectivity index (χ3v) is 3.64. The molecular formula is C21H19NO3. The van der Waals surface area contributed by atoms with E-state index < -0.39 is 5.97 Å². The molecule has 25 heavy (non-hydrogen) atoms. The number of ether oxygens (including phenoxy) is 2. The summed E-state index contributed by atoms with van der Waals surface area (Å²) in [7, 11) is 0. The highest BCUT2D eigenvalue weighted by atomic mass is 16.6. The predicted molar refractivity (Wildman–Crippen MR) is 98.5 cm³/mol. The van der Waals surface area contributed by atoms with Crippen LogP contribution in [0.2, 0.25) is 0 Å². The molecule has 4 heteroatoms. The Balaban J connectivity index is 1.86. The van der Waals surface area contributed by atoms with E-state index in [0.29, 0.717) is 18.3 Å². The van der Waals surface area contributed by atoms with Crippen LogP contribution in [-0.2, 0) is 9.53 Å². The zero-order valence-electron chi connectivity index (χ0n) is 14.3. The van der Waals surface area contributed by atoms with Crippen LogP contribution in [0.15, 0.2) is 71.4 Å². The third-order valence-electron chi connectivity index (χ3n) is 3.64. The van der Waals surface area contributed by atoms with Gasteiger partial charge in [0.2, 0.25) is 5.90 Å². The Kier molecular flexibility index (Phi) is 4.80. The average molecular weight is 333 g/mol. The van der Waals surface area contributed by atoms with Crippen molar-refractivity contribution in [2.75, 3.05) is 6.61 Å². The van der Waals surface area contributed by atoms with Gasteiger partial charge in [0.25, 0.3) is 0 Å². The lowest BCUT2D eigenvalue weighted by Gasteiger charge is -2.06. The zero-order valence-corrected chi connectivity index (χ0v) is 14.3. The standard InChI is InChI=1S/C21H19NO3/c1-14(2)13-24-17-9-6-8-16(11-17)12-19-21(23)25-20(22-19)18-10-5-4-7-15(18)3/h4-12H,1,13H2,2-3H3/b19-12-. The number of carbonyl (C=O) groups is 1. The second-order valence-electron chi connectivity index (χ2n) is 5.97. The lowest BCUT2D eigenvalue weighted by atomic mass is 10.1. The van der Waals surface area contributed by atoms with Gasteiger partial charge < -0.3 is 9.47 Å². The number of rotatable bonds is 5. The molecule has 2 aromatic rings. The van der Waals surface area contributed by atoms with Crippen LogP contribution in [0.4, 0.5) is 0 Å². The lowest BCUT2D eigenvalue weighted by molar-refractivity contribution is -0.129. The molecule has 126 valence electrons. The maximum Gasteiger partial charge on any atom is 0.363 e. The SMILES string of the molecule is C=C(C)COc1cccc(/C=C2\N=C(c3ccccc3C)OC2=O)c1. The van der Waals surface area contributed by atoms with E-state index in [4.69, 9.17) is 9.47 Å². The number of nitrogens with zero attached hydrogens (tertiary/aromatic N) is 1.